The topological polar surface area (TPSA) is 161 Å². The lowest BCUT2D eigenvalue weighted by atomic mass is 10.1. The highest BCUT2D eigenvalue weighted by Gasteiger charge is 2.39. The molecule has 0 fully saturated rings. The summed E-state index contributed by atoms with van der Waals surface area (Å²) < 4.78 is 76.3. The van der Waals surface area contributed by atoms with E-state index in [1.807, 2.05) is 0 Å². The van der Waals surface area contributed by atoms with Crippen LogP contribution in [0.15, 0.2) is 53.7 Å². The van der Waals surface area contributed by atoms with E-state index in [0.29, 0.717) is 17.0 Å². The number of carbonyl (C=O) groups is 2. The van der Waals surface area contributed by atoms with Gasteiger partial charge in [-0.15, -0.1) is 13.2 Å². The van der Waals surface area contributed by atoms with Crippen LogP contribution in [0.25, 0.3) is 0 Å². The highest BCUT2D eigenvalue weighted by Crippen LogP contribution is 2.37. The molecule has 0 saturated carbocycles. The first kappa shape index (κ1) is 27.1. The standard InChI is InChI=1S/C24H21F3N6O6S/c1-12-19(33-40(36,37)17-5-3-2-4-16(17)39-24(25,26)27)20-21(31-12)22(30-11-29-20)23(35)28-9-13-6-7-15-14(8-13)32-18(34)10-38-15/h2-8,11-12,19,31,33H,9-10H2,1H3,(H,28,35)(H,32,34). The smallest absolute Gasteiger partial charge is 0.482 e. The minimum atomic E-state index is -5.10. The molecule has 4 N–H and O–H groups in total. The van der Waals surface area contributed by atoms with Crippen LogP contribution >= 0.6 is 0 Å². The summed E-state index contributed by atoms with van der Waals surface area (Å²) in [5.74, 6) is -1.28. The molecule has 0 bridgehead atoms. The molecule has 2 unspecified atom stereocenters. The van der Waals surface area contributed by atoms with Gasteiger partial charge in [0.15, 0.2) is 12.3 Å². The number of para-hydroxylation sites is 1. The van der Waals surface area contributed by atoms with E-state index in [4.69, 9.17) is 4.74 Å². The Morgan fingerprint density at radius 3 is 2.75 bits per heavy atom. The molecule has 2 aliphatic heterocycles. The largest absolute Gasteiger partial charge is 0.573 e. The molecule has 16 heteroatoms. The summed E-state index contributed by atoms with van der Waals surface area (Å²) in [6.45, 7) is 1.60. The monoisotopic (exact) mass is 578 g/mol. The number of aromatic nitrogens is 2. The minimum absolute atomic E-state index is 0.0612. The van der Waals surface area contributed by atoms with Gasteiger partial charge in [-0.2, -0.15) is 4.72 Å². The number of halogens is 3. The molecule has 2 atom stereocenters. The third kappa shape index (κ3) is 5.62. The average Bonchev–Trinajstić information content (AvgIpc) is 3.20. The fraction of sp³-hybridized carbons (Fsp3) is 0.250. The fourth-order valence-corrected chi connectivity index (χ4v) is 5.68. The lowest BCUT2D eigenvalue weighted by molar-refractivity contribution is -0.275. The number of nitrogens with one attached hydrogen (secondary N) is 4. The van der Waals surface area contributed by atoms with Crippen molar-refractivity contribution in [2.45, 2.75) is 36.8 Å². The summed E-state index contributed by atoms with van der Waals surface area (Å²) >= 11 is 0. The van der Waals surface area contributed by atoms with Crippen LogP contribution < -0.4 is 30.1 Å². The first-order valence-corrected chi connectivity index (χ1v) is 13.2. The van der Waals surface area contributed by atoms with Crippen molar-refractivity contribution in [3.8, 4) is 11.5 Å². The van der Waals surface area contributed by atoms with Crippen LogP contribution in [0.1, 0.15) is 34.7 Å². The number of rotatable bonds is 7. The molecule has 0 aliphatic carbocycles. The van der Waals surface area contributed by atoms with Gasteiger partial charge in [0.05, 0.1) is 23.1 Å². The van der Waals surface area contributed by atoms with E-state index in [1.54, 1.807) is 25.1 Å². The summed E-state index contributed by atoms with van der Waals surface area (Å²) in [6, 6.07) is 7.68. The number of benzene rings is 2. The van der Waals surface area contributed by atoms with Gasteiger partial charge >= 0.3 is 6.36 Å². The molecule has 40 heavy (non-hydrogen) atoms. The molecule has 0 radical (unpaired) electrons. The molecular weight excluding hydrogens is 557 g/mol. The van der Waals surface area contributed by atoms with Gasteiger partial charge in [-0.05, 0) is 36.8 Å². The quantitative estimate of drug-likeness (QED) is 0.330. The second kappa shape index (κ2) is 10.3. The third-order valence-corrected chi connectivity index (χ3v) is 7.52. The molecule has 210 valence electrons. The van der Waals surface area contributed by atoms with Crippen molar-refractivity contribution < 1.29 is 40.7 Å². The highest BCUT2D eigenvalue weighted by molar-refractivity contribution is 7.89. The highest BCUT2D eigenvalue weighted by atomic mass is 32.2. The molecule has 2 aromatic carbocycles. The number of anilines is 2. The zero-order valence-electron chi connectivity index (χ0n) is 20.6. The predicted molar refractivity (Wildman–Crippen MR) is 133 cm³/mol. The number of sulfonamides is 1. The third-order valence-electron chi connectivity index (χ3n) is 6.03. The van der Waals surface area contributed by atoms with Crippen LogP contribution in [0.5, 0.6) is 11.5 Å². The van der Waals surface area contributed by atoms with E-state index in [2.05, 4.69) is 35.4 Å². The zero-order valence-corrected chi connectivity index (χ0v) is 21.4. The maximum atomic E-state index is 13.1. The molecule has 1 aromatic heterocycles. The number of fused-ring (bicyclic) bond motifs is 2. The van der Waals surface area contributed by atoms with Crippen molar-refractivity contribution in [1.29, 1.82) is 0 Å². The second-order valence-electron chi connectivity index (χ2n) is 8.86. The van der Waals surface area contributed by atoms with Crippen molar-refractivity contribution in [3.63, 3.8) is 0 Å². The molecular formula is C24H21F3N6O6S. The number of nitrogens with zero attached hydrogens (tertiary/aromatic N) is 2. The van der Waals surface area contributed by atoms with Crippen molar-refractivity contribution in [1.82, 2.24) is 20.0 Å². The molecule has 12 nitrogen and oxygen atoms in total. The van der Waals surface area contributed by atoms with Crippen LogP contribution in [-0.2, 0) is 21.4 Å². The molecule has 3 aromatic rings. The number of ether oxygens (including phenoxy) is 2. The molecule has 3 heterocycles. The number of amides is 2. The number of carbonyl (C=O) groups excluding carboxylic acids is 2. The van der Waals surface area contributed by atoms with Crippen molar-refractivity contribution in [2.75, 3.05) is 17.2 Å². The van der Waals surface area contributed by atoms with Gasteiger partial charge in [-0.3, -0.25) is 9.59 Å². The van der Waals surface area contributed by atoms with Crippen LogP contribution in [0.2, 0.25) is 0 Å². The van der Waals surface area contributed by atoms with Gasteiger partial charge in [0.2, 0.25) is 10.0 Å². The Bertz CT molecular complexity index is 1600. The molecule has 5 rings (SSSR count). The SMILES string of the molecule is CC1Nc2c(C(=O)NCc3ccc4c(c3)NC(=O)CO4)ncnc2C1NS(=O)(=O)c1ccccc1OC(F)(F)F. The number of hydrogen-bond donors (Lipinski definition) is 4. The first-order chi connectivity index (χ1) is 18.9. The molecule has 0 spiro atoms. The van der Waals surface area contributed by atoms with Gasteiger partial charge in [0.25, 0.3) is 11.8 Å². The van der Waals surface area contributed by atoms with E-state index in [9.17, 15) is 31.2 Å². The lowest BCUT2D eigenvalue weighted by Crippen LogP contribution is -2.35. The predicted octanol–water partition coefficient (Wildman–Crippen LogP) is 2.47. The Hall–Kier alpha value is -4.44. The van der Waals surface area contributed by atoms with Gasteiger partial charge < -0.3 is 25.4 Å². The van der Waals surface area contributed by atoms with Crippen molar-refractivity contribution >= 4 is 33.2 Å². The van der Waals surface area contributed by atoms with E-state index >= 15 is 0 Å². The van der Waals surface area contributed by atoms with Crippen LogP contribution in [0, 0.1) is 0 Å². The fourth-order valence-electron chi connectivity index (χ4n) is 4.27. The molecule has 0 saturated heterocycles. The number of hydrogen-bond acceptors (Lipinski definition) is 9. The molecule has 2 amide bonds. The zero-order chi connectivity index (χ0) is 28.7. The normalized spacial score (nSPS) is 18.1. The Morgan fingerprint density at radius 2 is 1.98 bits per heavy atom. The molecule has 2 aliphatic rings. The summed E-state index contributed by atoms with van der Waals surface area (Å²) in [5, 5.41) is 8.37. The van der Waals surface area contributed by atoms with Gasteiger partial charge in [-0.1, -0.05) is 18.2 Å². The van der Waals surface area contributed by atoms with Crippen LogP contribution in [0.4, 0.5) is 24.5 Å². The van der Waals surface area contributed by atoms with Crippen LogP contribution in [0.3, 0.4) is 0 Å². The van der Waals surface area contributed by atoms with Crippen molar-refractivity contribution in [2.24, 2.45) is 0 Å². The minimum Gasteiger partial charge on any atom is -0.482 e. The Morgan fingerprint density at radius 1 is 1.20 bits per heavy atom. The average molecular weight is 579 g/mol. The first-order valence-electron chi connectivity index (χ1n) is 11.7. The Labute approximate surface area is 225 Å². The van der Waals surface area contributed by atoms with E-state index in [0.717, 1.165) is 18.5 Å². The second-order valence-corrected chi connectivity index (χ2v) is 10.5. The van der Waals surface area contributed by atoms with Crippen molar-refractivity contribution in [3.05, 3.63) is 65.7 Å². The van der Waals surface area contributed by atoms with Gasteiger partial charge in [0.1, 0.15) is 22.7 Å². The Kier molecular flexibility index (Phi) is 6.97. The van der Waals surface area contributed by atoms with E-state index < -0.39 is 45.0 Å². The van der Waals surface area contributed by atoms with Crippen LogP contribution in [-0.4, -0.2) is 49.2 Å². The maximum absolute atomic E-state index is 13.1. The number of alkyl halides is 3. The van der Waals surface area contributed by atoms with E-state index in [1.165, 1.54) is 12.1 Å². The summed E-state index contributed by atoms with van der Waals surface area (Å²) in [5.41, 5.74) is 1.38. The lowest BCUT2D eigenvalue weighted by Gasteiger charge is -2.19. The summed E-state index contributed by atoms with van der Waals surface area (Å²) in [7, 11) is -4.53. The maximum Gasteiger partial charge on any atom is 0.573 e. The Balaban J connectivity index is 1.34. The summed E-state index contributed by atoms with van der Waals surface area (Å²) in [4.78, 5) is 32.0. The van der Waals surface area contributed by atoms with Gasteiger partial charge in [0, 0.05) is 12.6 Å². The summed E-state index contributed by atoms with van der Waals surface area (Å²) in [6.07, 6.45) is -4.02. The van der Waals surface area contributed by atoms with Gasteiger partial charge in [-0.25, -0.2) is 18.4 Å². The van der Waals surface area contributed by atoms with E-state index in [-0.39, 0.29) is 36.1 Å².